The predicted octanol–water partition coefficient (Wildman–Crippen LogP) is 5.50. The Morgan fingerprint density at radius 2 is 1.84 bits per heavy atom. The van der Waals surface area contributed by atoms with Crippen molar-refractivity contribution < 1.29 is 37.4 Å². The summed E-state index contributed by atoms with van der Waals surface area (Å²) in [7, 11) is 1.63. The molecule has 9 nitrogen and oxygen atoms in total. The Hall–Kier alpha value is -4.32. The van der Waals surface area contributed by atoms with E-state index in [9.17, 15) is 32.7 Å². The Morgan fingerprint density at radius 1 is 1.12 bits per heavy atom. The van der Waals surface area contributed by atoms with Crippen LogP contribution in [0.25, 0.3) is 10.8 Å². The van der Waals surface area contributed by atoms with Crippen molar-refractivity contribution in [3.8, 4) is 5.75 Å². The third-order valence-corrected chi connectivity index (χ3v) is 7.42. The second-order valence-corrected chi connectivity index (χ2v) is 10.8. The van der Waals surface area contributed by atoms with Crippen molar-refractivity contribution in [2.45, 2.75) is 45.0 Å². The average molecular weight is 601 g/mol. The Bertz CT molecular complexity index is 1480. The van der Waals surface area contributed by atoms with Gasteiger partial charge < -0.3 is 30.3 Å². The molecule has 0 saturated heterocycles. The molecule has 0 aromatic heterocycles. The van der Waals surface area contributed by atoms with E-state index < -0.39 is 43.0 Å². The summed E-state index contributed by atoms with van der Waals surface area (Å²) in [4.78, 5) is 41.9. The molecule has 4 amide bonds. The van der Waals surface area contributed by atoms with Crippen LogP contribution in [0.1, 0.15) is 37.0 Å². The summed E-state index contributed by atoms with van der Waals surface area (Å²) in [5.74, 6) is -1.38. The second kappa shape index (κ2) is 13.3. The van der Waals surface area contributed by atoms with Crippen LogP contribution in [0, 0.1) is 5.92 Å². The molecule has 0 radical (unpaired) electrons. The Morgan fingerprint density at radius 3 is 2.56 bits per heavy atom. The van der Waals surface area contributed by atoms with Crippen LogP contribution in [0.4, 0.5) is 29.3 Å². The fourth-order valence-electron chi connectivity index (χ4n) is 4.89. The number of nitrogens with one attached hydrogen (secondary N) is 2. The monoisotopic (exact) mass is 600 g/mol. The Balaban J connectivity index is 1.55. The van der Waals surface area contributed by atoms with E-state index >= 15 is 0 Å². The number of fused-ring (bicyclic) bond motifs is 2. The number of anilines is 2. The number of nitrogens with zero attached hydrogens (tertiary/aromatic N) is 2. The molecule has 0 aliphatic carbocycles. The maximum Gasteiger partial charge on any atom is 0.389 e. The van der Waals surface area contributed by atoms with E-state index in [4.69, 9.17) is 4.74 Å². The van der Waals surface area contributed by atoms with Crippen LogP contribution in [-0.4, -0.2) is 77.8 Å². The van der Waals surface area contributed by atoms with Crippen LogP contribution in [0.5, 0.6) is 5.75 Å². The number of ether oxygens (including phenoxy) is 1. The number of rotatable bonds is 8. The van der Waals surface area contributed by atoms with Crippen molar-refractivity contribution in [1.82, 2.24) is 9.80 Å². The number of alkyl halides is 3. The van der Waals surface area contributed by atoms with Crippen molar-refractivity contribution in [3.05, 3.63) is 66.2 Å². The number of urea groups is 1. The minimum absolute atomic E-state index is 0.0775. The maximum absolute atomic E-state index is 13.6. The topological polar surface area (TPSA) is 111 Å². The van der Waals surface area contributed by atoms with Crippen molar-refractivity contribution in [2.75, 3.05) is 37.4 Å². The van der Waals surface area contributed by atoms with Crippen molar-refractivity contribution in [3.63, 3.8) is 0 Å². The smallest absolute Gasteiger partial charge is 0.389 e. The van der Waals surface area contributed by atoms with Gasteiger partial charge in [0.2, 0.25) is 5.91 Å². The Kier molecular flexibility index (Phi) is 9.80. The van der Waals surface area contributed by atoms with Gasteiger partial charge in [0.15, 0.2) is 0 Å². The van der Waals surface area contributed by atoms with Gasteiger partial charge in [-0.1, -0.05) is 43.3 Å². The van der Waals surface area contributed by atoms with Crippen LogP contribution >= 0.6 is 0 Å². The van der Waals surface area contributed by atoms with E-state index in [0.717, 1.165) is 10.8 Å². The molecule has 0 unspecified atom stereocenters. The number of carbonyl (C=O) groups excluding carboxylic acids is 3. The normalized spacial score (nSPS) is 17.7. The highest BCUT2D eigenvalue weighted by Gasteiger charge is 2.34. The zero-order valence-electron chi connectivity index (χ0n) is 24.1. The van der Waals surface area contributed by atoms with E-state index in [-0.39, 0.29) is 48.6 Å². The number of carbonyl (C=O) groups is 3. The van der Waals surface area contributed by atoms with Gasteiger partial charge in [0, 0.05) is 37.0 Å². The van der Waals surface area contributed by atoms with E-state index in [0.29, 0.717) is 5.69 Å². The molecule has 0 fully saturated rings. The molecule has 0 saturated carbocycles. The number of likely N-dealkylation sites (N-methyl/N-ethyl adjacent to an activating group) is 1. The molecule has 3 aromatic rings. The van der Waals surface area contributed by atoms with Gasteiger partial charge in [-0.3, -0.25) is 9.59 Å². The quantitative estimate of drug-likeness (QED) is 0.316. The summed E-state index contributed by atoms with van der Waals surface area (Å²) in [5.41, 5.74) is 0.871. The largest absolute Gasteiger partial charge is 0.487 e. The first-order chi connectivity index (χ1) is 20.4. The molecule has 4 rings (SSSR count). The van der Waals surface area contributed by atoms with Crippen molar-refractivity contribution >= 4 is 40.0 Å². The molecule has 230 valence electrons. The molecule has 1 aliphatic heterocycles. The average Bonchev–Trinajstić information content (AvgIpc) is 2.97. The Labute approximate surface area is 247 Å². The number of hydrogen-bond acceptors (Lipinski definition) is 5. The number of aliphatic hydroxyl groups excluding tert-OH is 1. The fraction of sp³-hybridized carbons (Fsp3) is 0.387. The van der Waals surface area contributed by atoms with Crippen LogP contribution in [0.2, 0.25) is 0 Å². The van der Waals surface area contributed by atoms with Gasteiger partial charge in [0.05, 0.1) is 36.9 Å². The molecular weight excluding hydrogens is 565 g/mol. The number of hydrogen-bond donors (Lipinski definition) is 3. The first kappa shape index (κ1) is 31.6. The minimum atomic E-state index is -4.47. The van der Waals surface area contributed by atoms with Crippen LogP contribution in [0.3, 0.4) is 0 Å². The van der Waals surface area contributed by atoms with E-state index in [1.807, 2.05) is 49.4 Å². The molecular formula is C31H35F3N4O5. The first-order valence-corrected chi connectivity index (χ1v) is 13.9. The lowest BCUT2D eigenvalue weighted by molar-refractivity contribution is -0.142. The standard InChI is InChI=1S/C31H35F3N4O5/c1-19-16-38(20(2)18-39)29(41)24-15-22(35-28(40)13-14-31(32,33)34)11-12-26(24)43-27(19)17-37(3)30(42)36-25-10-6-8-21-7-4-5-9-23(21)25/h4-12,15,19-20,27,39H,13-14,16-18H2,1-3H3,(H,35,40)(H,36,42)/t19-,20-,27-/m1/s1. The molecule has 3 aromatic carbocycles. The van der Waals surface area contributed by atoms with Gasteiger partial charge in [0.1, 0.15) is 11.9 Å². The predicted molar refractivity (Wildman–Crippen MR) is 157 cm³/mol. The number of amides is 4. The first-order valence-electron chi connectivity index (χ1n) is 13.9. The van der Waals surface area contributed by atoms with Gasteiger partial charge in [-0.25, -0.2) is 4.79 Å². The van der Waals surface area contributed by atoms with Gasteiger partial charge in [0.25, 0.3) is 5.91 Å². The molecule has 3 N–H and O–H groups in total. The molecule has 3 atom stereocenters. The summed E-state index contributed by atoms with van der Waals surface area (Å²) < 4.78 is 43.9. The van der Waals surface area contributed by atoms with E-state index in [1.54, 1.807) is 14.0 Å². The van der Waals surface area contributed by atoms with Crippen LogP contribution in [-0.2, 0) is 4.79 Å². The highest BCUT2D eigenvalue weighted by atomic mass is 19.4. The van der Waals surface area contributed by atoms with Gasteiger partial charge in [-0.2, -0.15) is 13.2 Å². The van der Waals surface area contributed by atoms with Gasteiger partial charge in [-0.15, -0.1) is 0 Å². The van der Waals surface area contributed by atoms with E-state index in [2.05, 4.69) is 10.6 Å². The lowest BCUT2D eigenvalue weighted by Gasteiger charge is -2.38. The van der Waals surface area contributed by atoms with E-state index in [1.165, 1.54) is 28.0 Å². The maximum atomic E-state index is 13.6. The summed E-state index contributed by atoms with van der Waals surface area (Å²) >= 11 is 0. The highest BCUT2D eigenvalue weighted by molar-refractivity contribution is 6.02. The molecule has 0 spiro atoms. The molecule has 43 heavy (non-hydrogen) atoms. The van der Waals surface area contributed by atoms with Crippen LogP contribution < -0.4 is 15.4 Å². The summed E-state index contributed by atoms with van der Waals surface area (Å²) in [5, 5.41) is 17.1. The number of aliphatic hydroxyl groups is 1. The highest BCUT2D eigenvalue weighted by Crippen LogP contribution is 2.31. The summed E-state index contributed by atoms with van der Waals surface area (Å²) in [6, 6.07) is 16.7. The van der Waals surface area contributed by atoms with Crippen molar-refractivity contribution in [2.24, 2.45) is 5.92 Å². The fourth-order valence-corrected chi connectivity index (χ4v) is 4.89. The molecule has 12 heteroatoms. The summed E-state index contributed by atoms with van der Waals surface area (Å²) in [6.45, 7) is 3.62. The SMILES string of the molecule is C[C@@H]1CN([C@H](C)CO)C(=O)c2cc(NC(=O)CCC(F)(F)F)ccc2O[C@@H]1CN(C)C(=O)Nc1cccc2ccccc12. The minimum Gasteiger partial charge on any atom is -0.487 e. The zero-order chi connectivity index (χ0) is 31.3. The molecule has 1 aliphatic rings. The number of halogens is 3. The third-order valence-electron chi connectivity index (χ3n) is 7.42. The van der Waals surface area contributed by atoms with Crippen LogP contribution in [0.15, 0.2) is 60.7 Å². The lowest BCUT2D eigenvalue weighted by atomic mass is 9.99. The van der Waals surface area contributed by atoms with Gasteiger partial charge >= 0.3 is 12.2 Å². The summed E-state index contributed by atoms with van der Waals surface area (Å²) in [6.07, 6.45) is -7.07. The molecule has 1 heterocycles. The third kappa shape index (κ3) is 7.95. The lowest BCUT2D eigenvalue weighted by Crippen LogP contribution is -2.50. The van der Waals surface area contributed by atoms with Crippen molar-refractivity contribution in [1.29, 1.82) is 0 Å². The second-order valence-electron chi connectivity index (χ2n) is 10.8. The zero-order valence-corrected chi connectivity index (χ0v) is 24.1. The van der Waals surface area contributed by atoms with Gasteiger partial charge in [-0.05, 0) is 36.6 Å². The number of benzene rings is 3. The molecule has 0 bridgehead atoms.